The normalized spacial score (nSPS) is 22.0. The first kappa shape index (κ1) is 20.7. The van der Waals surface area contributed by atoms with Gasteiger partial charge in [0, 0.05) is 36.9 Å². The van der Waals surface area contributed by atoms with Gasteiger partial charge in [0.05, 0.1) is 7.11 Å². The summed E-state index contributed by atoms with van der Waals surface area (Å²) in [4.78, 5) is 27.1. The number of nitrogens with zero attached hydrogens (tertiary/aromatic N) is 1. The van der Waals surface area contributed by atoms with Crippen molar-refractivity contribution in [3.8, 4) is 5.75 Å². The van der Waals surface area contributed by atoms with Gasteiger partial charge in [0.2, 0.25) is 11.8 Å². The van der Waals surface area contributed by atoms with Gasteiger partial charge in [-0.2, -0.15) is 0 Å². The molecular weight excluding hydrogens is 376 g/mol. The highest BCUT2D eigenvalue weighted by molar-refractivity contribution is 5.91. The third-order valence-electron chi connectivity index (χ3n) is 6.73. The lowest BCUT2D eigenvalue weighted by Crippen LogP contribution is -2.45. The number of amides is 2. The van der Waals surface area contributed by atoms with Gasteiger partial charge < -0.3 is 15.0 Å². The van der Waals surface area contributed by atoms with Crippen molar-refractivity contribution in [1.29, 1.82) is 0 Å². The van der Waals surface area contributed by atoms with E-state index in [1.54, 1.807) is 7.11 Å². The Kier molecular flexibility index (Phi) is 6.26. The fourth-order valence-corrected chi connectivity index (χ4v) is 5.04. The zero-order valence-corrected chi connectivity index (χ0v) is 17.9. The maximum atomic E-state index is 12.9. The lowest BCUT2D eigenvalue weighted by Gasteiger charge is -2.31. The van der Waals surface area contributed by atoms with Crippen LogP contribution >= 0.6 is 0 Å². The lowest BCUT2D eigenvalue weighted by molar-refractivity contribution is -0.131. The number of rotatable bonds is 6. The zero-order chi connectivity index (χ0) is 21.0. The Morgan fingerprint density at radius 1 is 1.07 bits per heavy atom. The summed E-state index contributed by atoms with van der Waals surface area (Å²) >= 11 is 0. The Morgan fingerprint density at radius 3 is 2.47 bits per heavy atom. The van der Waals surface area contributed by atoms with Crippen molar-refractivity contribution in [3.63, 3.8) is 0 Å². The van der Waals surface area contributed by atoms with Crippen LogP contribution in [0.1, 0.15) is 56.9 Å². The minimum Gasteiger partial charge on any atom is -0.496 e. The van der Waals surface area contributed by atoms with E-state index in [9.17, 15) is 9.59 Å². The van der Waals surface area contributed by atoms with Crippen molar-refractivity contribution in [1.82, 2.24) is 10.2 Å². The first-order chi connectivity index (χ1) is 14.6. The number of likely N-dealkylation sites (tertiary alicyclic amines) is 1. The molecular formula is C25H32N2O3. The largest absolute Gasteiger partial charge is 0.496 e. The van der Waals surface area contributed by atoms with Crippen LogP contribution in [0, 0.1) is 0 Å². The molecule has 2 amide bonds. The van der Waals surface area contributed by atoms with Gasteiger partial charge in [-0.15, -0.1) is 0 Å². The van der Waals surface area contributed by atoms with E-state index < -0.39 is 0 Å². The molecule has 2 aliphatic heterocycles. The minimum atomic E-state index is -0.351. The fraction of sp³-hybridized carbons (Fsp3) is 0.520. The molecule has 2 aromatic rings. The van der Waals surface area contributed by atoms with Gasteiger partial charge in [-0.25, -0.2) is 0 Å². The average Bonchev–Trinajstić information content (AvgIpc) is 2.95. The number of methoxy groups -OCH3 is 1. The molecule has 160 valence electrons. The second-order valence-corrected chi connectivity index (χ2v) is 8.77. The predicted octanol–water partition coefficient (Wildman–Crippen LogP) is 4.22. The van der Waals surface area contributed by atoms with Crippen LogP contribution in [0.25, 0.3) is 10.8 Å². The van der Waals surface area contributed by atoms with Crippen LogP contribution in [-0.2, 0) is 16.0 Å². The van der Waals surface area contributed by atoms with Gasteiger partial charge >= 0.3 is 0 Å². The Bertz CT molecular complexity index is 918. The molecule has 1 N–H and O–H groups in total. The van der Waals surface area contributed by atoms with Gasteiger partial charge in [0.1, 0.15) is 5.75 Å². The molecule has 4 rings (SSSR count). The van der Waals surface area contributed by atoms with Crippen molar-refractivity contribution in [2.24, 2.45) is 0 Å². The van der Waals surface area contributed by atoms with Gasteiger partial charge in [-0.3, -0.25) is 9.59 Å². The second kappa shape index (κ2) is 9.07. The summed E-state index contributed by atoms with van der Waals surface area (Å²) in [5, 5.41) is 5.47. The van der Waals surface area contributed by atoms with E-state index in [0.717, 1.165) is 55.3 Å². The molecule has 0 unspecified atom stereocenters. The highest BCUT2D eigenvalue weighted by Gasteiger charge is 2.38. The number of carbonyl (C=O) groups excluding carboxylic acids is 2. The van der Waals surface area contributed by atoms with E-state index in [0.29, 0.717) is 19.3 Å². The van der Waals surface area contributed by atoms with Crippen LogP contribution in [0.3, 0.4) is 0 Å². The summed E-state index contributed by atoms with van der Waals surface area (Å²) in [6.07, 6.45) is 7.87. The smallest absolute Gasteiger partial charge is 0.222 e. The first-order valence-electron chi connectivity index (χ1n) is 11.2. The summed E-state index contributed by atoms with van der Waals surface area (Å²) < 4.78 is 5.53. The maximum absolute atomic E-state index is 12.9. The summed E-state index contributed by atoms with van der Waals surface area (Å²) in [6, 6.07) is 12.3. The molecule has 2 fully saturated rings. The lowest BCUT2D eigenvalue weighted by atomic mass is 9.83. The van der Waals surface area contributed by atoms with E-state index in [-0.39, 0.29) is 17.4 Å². The van der Waals surface area contributed by atoms with Gasteiger partial charge in [-0.05, 0) is 49.1 Å². The summed E-state index contributed by atoms with van der Waals surface area (Å²) in [5.41, 5.74) is 0.839. The number of hydrogen-bond acceptors (Lipinski definition) is 3. The molecule has 0 radical (unpaired) electrons. The van der Waals surface area contributed by atoms with Crippen LogP contribution in [0.5, 0.6) is 5.75 Å². The quantitative estimate of drug-likeness (QED) is 0.778. The van der Waals surface area contributed by atoms with E-state index in [1.165, 1.54) is 18.4 Å². The molecule has 2 aliphatic rings. The molecule has 0 aromatic heterocycles. The third-order valence-corrected chi connectivity index (χ3v) is 6.73. The van der Waals surface area contributed by atoms with Crippen molar-refractivity contribution < 1.29 is 14.3 Å². The molecule has 2 heterocycles. The third kappa shape index (κ3) is 4.45. The number of nitrogens with one attached hydrogen (secondary N) is 1. The molecule has 0 spiro atoms. The number of ether oxygens (including phenoxy) is 1. The van der Waals surface area contributed by atoms with Crippen LogP contribution in [0.15, 0.2) is 36.4 Å². The molecule has 5 nitrogen and oxygen atoms in total. The van der Waals surface area contributed by atoms with Crippen molar-refractivity contribution in [2.75, 3.05) is 20.2 Å². The van der Waals surface area contributed by atoms with Gasteiger partial charge in [-0.1, -0.05) is 43.2 Å². The second-order valence-electron chi connectivity index (χ2n) is 8.77. The summed E-state index contributed by atoms with van der Waals surface area (Å²) in [5.74, 6) is 1.18. The van der Waals surface area contributed by atoms with Crippen LogP contribution < -0.4 is 10.1 Å². The summed E-state index contributed by atoms with van der Waals surface area (Å²) in [6.45, 7) is 1.75. The molecule has 0 saturated carbocycles. The van der Waals surface area contributed by atoms with E-state index in [2.05, 4.69) is 23.5 Å². The molecule has 1 atom stereocenters. The van der Waals surface area contributed by atoms with E-state index >= 15 is 0 Å². The van der Waals surface area contributed by atoms with Crippen molar-refractivity contribution in [2.45, 2.75) is 63.3 Å². The van der Waals surface area contributed by atoms with Crippen LogP contribution in [-0.4, -0.2) is 42.5 Å². The minimum absolute atomic E-state index is 0.0926. The molecule has 5 heteroatoms. The Labute approximate surface area is 178 Å². The van der Waals surface area contributed by atoms with Crippen molar-refractivity contribution >= 4 is 22.6 Å². The highest BCUT2D eigenvalue weighted by atomic mass is 16.5. The molecule has 30 heavy (non-hydrogen) atoms. The Balaban J connectivity index is 1.54. The Hall–Kier alpha value is -2.56. The molecule has 0 bridgehead atoms. The van der Waals surface area contributed by atoms with E-state index in [1.807, 2.05) is 23.1 Å². The SMILES string of the molecule is COc1ccc(C[C@@]2(CCC(=O)N3CCCCCC3)CCC(=O)N2)c2ccccc12. The zero-order valence-electron chi connectivity index (χ0n) is 17.9. The van der Waals surface area contributed by atoms with Crippen molar-refractivity contribution in [3.05, 3.63) is 42.0 Å². The molecule has 2 aromatic carbocycles. The first-order valence-corrected chi connectivity index (χ1v) is 11.2. The number of hydrogen-bond donors (Lipinski definition) is 1. The van der Waals surface area contributed by atoms with Crippen LogP contribution in [0.2, 0.25) is 0 Å². The number of benzene rings is 2. The Morgan fingerprint density at radius 2 is 1.80 bits per heavy atom. The molecule has 0 aliphatic carbocycles. The average molecular weight is 409 g/mol. The number of fused-ring (bicyclic) bond motifs is 1. The van der Waals surface area contributed by atoms with Crippen LogP contribution in [0.4, 0.5) is 0 Å². The number of carbonyl (C=O) groups is 2. The highest BCUT2D eigenvalue weighted by Crippen LogP contribution is 2.35. The fourth-order valence-electron chi connectivity index (χ4n) is 5.04. The monoisotopic (exact) mass is 408 g/mol. The standard InChI is InChI=1S/C25H32N2O3/c1-30-22-11-10-19(20-8-4-5-9-21(20)22)18-25(14-12-23(28)26-25)15-13-24(29)27-16-6-2-3-7-17-27/h4-5,8-11H,2-3,6-7,12-18H2,1H3,(H,26,28)/t25-/m0/s1. The van der Waals surface area contributed by atoms with Gasteiger partial charge in [0.15, 0.2) is 0 Å². The maximum Gasteiger partial charge on any atom is 0.222 e. The van der Waals surface area contributed by atoms with E-state index in [4.69, 9.17) is 4.74 Å². The van der Waals surface area contributed by atoms with Gasteiger partial charge in [0.25, 0.3) is 0 Å². The molecule has 2 saturated heterocycles. The topological polar surface area (TPSA) is 58.6 Å². The summed E-state index contributed by atoms with van der Waals surface area (Å²) in [7, 11) is 1.69. The predicted molar refractivity (Wildman–Crippen MR) is 119 cm³/mol.